The lowest BCUT2D eigenvalue weighted by molar-refractivity contribution is -0.119. The second-order valence-electron chi connectivity index (χ2n) is 8.07. The van der Waals surface area contributed by atoms with Gasteiger partial charge in [-0.25, -0.2) is 0 Å². The number of nitrogens with zero attached hydrogens (tertiary/aromatic N) is 2. The van der Waals surface area contributed by atoms with Gasteiger partial charge in [-0.05, 0) is 38.5 Å². The molecule has 33 heavy (non-hydrogen) atoms. The summed E-state index contributed by atoms with van der Waals surface area (Å²) in [7, 11) is 0. The van der Waals surface area contributed by atoms with E-state index in [1.165, 1.54) is 0 Å². The predicted molar refractivity (Wildman–Crippen MR) is 131 cm³/mol. The van der Waals surface area contributed by atoms with Crippen LogP contribution in [-0.4, -0.2) is 32.2 Å². The number of aromatic nitrogens is 3. The lowest BCUT2D eigenvalue weighted by Gasteiger charge is -2.14. The minimum atomic E-state index is -0.515. The van der Waals surface area contributed by atoms with Gasteiger partial charge in [0.2, 0.25) is 11.8 Å². The minimum Gasteiger partial charge on any atom is -0.325 e. The second-order valence-corrected chi connectivity index (χ2v) is 9.39. The molecule has 1 atom stereocenters. The molecule has 1 aromatic heterocycles. The van der Waals surface area contributed by atoms with E-state index in [1.54, 1.807) is 45.0 Å². The summed E-state index contributed by atoms with van der Waals surface area (Å²) in [6.07, 6.45) is 0. The van der Waals surface area contributed by atoms with Gasteiger partial charge in [-0.1, -0.05) is 61.5 Å². The molecular weight excluding hydrogens is 438 g/mol. The van der Waals surface area contributed by atoms with Crippen molar-refractivity contribution in [2.45, 2.75) is 45.0 Å². The Morgan fingerprint density at radius 1 is 0.939 bits per heavy atom. The van der Waals surface area contributed by atoms with Gasteiger partial charge in [0.15, 0.2) is 10.9 Å². The van der Waals surface area contributed by atoms with Gasteiger partial charge < -0.3 is 10.6 Å². The quantitative estimate of drug-likeness (QED) is 0.451. The summed E-state index contributed by atoms with van der Waals surface area (Å²) >= 11 is 1.11. The van der Waals surface area contributed by atoms with Crippen molar-refractivity contribution in [3.05, 3.63) is 63.9 Å². The Labute approximate surface area is 196 Å². The fourth-order valence-electron chi connectivity index (χ4n) is 3.04. The molecule has 172 valence electrons. The number of thioether (sulfide) groups is 1. The van der Waals surface area contributed by atoms with E-state index >= 15 is 0 Å². The van der Waals surface area contributed by atoms with Gasteiger partial charge in [-0.15, -0.1) is 10.2 Å². The third kappa shape index (κ3) is 6.07. The molecule has 3 aromatic rings. The number of amides is 2. The van der Waals surface area contributed by atoms with Crippen molar-refractivity contribution in [3.63, 3.8) is 0 Å². The Hall–Kier alpha value is -3.46. The number of aromatic amines is 1. The summed E-state index contributed by atoms with van der Waals surface area (Å²) in [6.45, 7) is 9.23. The van der Waals surface area contributed by atoms with Crippen LogP contribution in [0, 0.1) is 19.8 Å². The average molecular weight is 466 g/mol. The lowest BCUT2D eigenvalue weighted by Crippen LogP contribution is -2.24. The van der Waals surface area contributed by atoms with Crippen LogP contribution in [0.2, 0.25) is 0 Å². The second kappa shape index (κ2) is 10.4. The fraction of sp³-hybridized carbons (Fsp3) is 0.292. The first kappa shape index (κ1) is 24.2. The molecule has 9 heteroatoms. The summed E-state index contributed by atoms with van der Waals surface area (Å²) in [6, 6.07) is 12.7. The molecule has 0 fully saturated rings. The Balaban J connectivity index is 1.75. The highest BCUT2D eigenvalue weighted by Crippen LogP contribution is 2.26. The van der Waals surface area contributed by atoms with Gasteiger partial charge in [0.1, 0.15) is 0 Å². The monoisotopic (exact) mass is 465 g/mol. The molecule has 0 saturated heterocycles. The largest absolute Gasteiger partial charge is 0.325 e. The van der Waals surface area contributed by atoms with Crippen LogP contribution in [0.5, 0.6) is 0 Å². The van der Waals surface area contributed by atoms with Gasteiger partial charge in [0.05, 0.1) is 10.9 Å². The van der Waals surface area contributed by atoms with Crippen LogP contribution < -0.4 is 16.2 Å². The number of H-pyrrole nitrogens is 1. The van der Waals surface area contributed by atoms with Gasteiger partial charge in [-0.2, -0.15) is 0 Å². The van der Waals surface area contributed by atoms with E-state index in [4.69, 9.17) is 0 Å². The Bertz CT molecular complexity index is 1240. The van der Waals surface area contributed by atoms with E-state index in [-0.39, 0.29) is 28.6 Å². The van der Waals surface area contributed by atoms with Crippen LogP contribution >= 0.6 is 11.8 Å². The van der Waals surface area contributed by atoms with Crippen LogP contribution in [0.4, 0.5) is 11.4 Å². The van der Waals surface area contributed by atoms with Gasteiger partial charge >= 0.3 is 0 Å². The number of rotatable bonds is 7. The highest BCUT2D eigenvalue weighted by molar-refractivity contribution is 8.00. The first-order chi connectivity index (χ1) is 15.7. The van der Waals surface area contributed by atoms with Crippen molar-refractivity contribution in [1.29, 1.82) is 0 Å². The number of hydrogen-bond acceptors (Lipinski definition) is 6. The maximum atomic E-state index is 12.7. The smallest absolute Gasteiger partial charge is 0.278 e. The van der Waals surface area contributed by atoms with Crippen LogP contribution in [-0.2, 0) is 9.59 Å². The molecule has 0 aliphatic rings. The molecule has 0 spiro atoms. The molecule has 3 rings (SSSR count). The lowest BCUT2D eigenvalue weighted by atomic mass is 10.1. The topological polar surface area (TPSA) is 117 Å². The van der Waals surface area contributed by atoms with Crippen molar-refractivity contribution in [2.24, 2.45) is 5.92 Å². The molecule has 1 unspecified atom stereocenters. The summed E-state index contributed by atoms with van der Waals surface area (Å²) in [4.78, 5) is 40.2. The van der Waals surface area contributed by atoms with Gasteiger partial charge in [0, 0.05) is 17.2 Å². The van der Waals surface area contributed by atoms with E-state index in [2.05, 4.69) is 25.8 Å². The number of carbonyl (C=O) groups is 2. The number of nitrogens with one attached hydrogen (secondary N) is 3. The first-order valence-corrected chi connectivity index (χ1v) is 11.5. The molecule has 0 radical (unpaired) electrons. The van der Waals surface area contributed by atoms with E-state index in [9.17, 15) is 14.4 Å². The zero-order chi connectivity index (χ0) is 24.1. The summed E-state index contributed by atoms with van der Waals surface area (Å²) in [5.74, 6) is -0.583. The number of anilines is 2. The van der Waals surface area contributed by atoms with E-state index < -0.39 is 10.8 Å². The SMILES string of the molecule is Cc1ccc(NC(=O)C(C)Sc2nnc(-c3ccccc3NC(=O)C(C)C)c(=O)[nH]2)c(C)c1. The van der Waals surface area contributed by atoms with Crippen LogP contribution in [0.1, 0.15) is 31.9 Å². The number of benzene rings is 2. The van der Waals surface area contributed by atoms with Crippen molar-refractivity contribution in [1.82, 2.24) is 15.2 Å². The highest BCUT2D eigenvalue weighted by atomic mass is 32.2. The summed E-state index contributed by atoms with van der Waals surface area (Å²) in [5.41, 5.74) is 3.42. The molecule has 0 aliphatic carbocycles. The summed E-state index contributed by atoms with van der Waals surface area (Å²) in [5, 5.41) is 13.6. The average Bonchev–Trinajstić information content (AvgIpc) is 2.76. The van der Waals surface area contributed by atoms with E-state index in [1.807, 2.05) is 32.0 Å². The number of hydrogen-bond donors (Lipinski definition) is 3. The predicted octanol–water partition coefficient (Wildman–Crippen LogP) is 4.16. The number of para-hydroxylation sites is 1. The van der Waals surface area contributed by atoms with Crippen LogP contribution in [0.15, 0.2) is 52.4 Å². The third-order valence-electron chi connectivity index (χ3n) is 4.94. The van der Waals surface area contributed by atoms with Crippen molar-refractivity contribution >= 4 is 35.0 Å². The fourth-order valence-corrected chi connectivity index (χ4v) is 3.78. The Morgan fingerprint density at radius 2 is 1.64 bits per heavy atom. The maximum absolute atomic E-state index is 12.7. The van der Waals surface area contributed by atoms with Gasteiger partial charge in [-0.3, -0.25) is 19.4 Å². The van der Waals surface area contributed by atoms with Crippen LogP contribution in [0.25, 0.3) is 11.3 Å². The van der Waals surface area contributed by atoms with E-state index in [0.717, 1.165) is 28.6 Å². The van der Waals surface area contributed by atoms with E-state index in [0.29, 0.717) is 11.3 Å². The molecule has 3 N–H and O–H groups in total. The molecule has 2 amide bonds. The van der Waals surface area contributed by atoms with Crippen LogP contribution in [0.3, 0.4) is 0 Å². The number of carbonyl (C=O) groups excluding carboxylic acids is 2. The van der Waals surface area contributed by atoms with Crippen molar-refractivity contribution in [3.8, 4) is 11.3 Å². The Kier molecular flexibility index (Phi) is 7.65. The van der Waals surface area contributed by atoms with Crippen molar-refractivity contribution < 1.29 is 9.59 Å². The molecule has 2 aromatic carbocycles. The zero-order valence-corrected chi connectivity index (χ0v) is 20.0. The summed E-state index contributed by atoms with van der Waals surface area (Å²) < 4.78 is 0. The first-order valence-electron chi connectivity index (χ1n) is 10.6. The van der Waals surface area contributed by atoms with Gasteiger partial charge in [0.25, 0.3) is 5.56 Å². The highest BCUT2D eigenvalue weighted by Gasteiger charge is 2.19. The maximum Gasteiger partial charge on any atom is 0.278 e. The minimum absolute atomic E-state index is 0.0893. The standard InChI is InChI=1S/C24H27N5O3S/c1-13(2)21(30)26-19-9-7-6-8-17(19)20-23(32)27-24(29-28-20)33-16(5)22(31)25-18-11-10-14(3)12-15(18)4/h6-13,16H,1-5H3,(H,25,31)(H,26,30)(H,27,29,32). The molecule has 8 nitrogen and oxygen atoms in total. The molecule has 0 aliphatic heterocycles. The molecule has 0 saturated carbocycles. The molecule has 0 bridgehead atoms. The third-order valence-corrected chi connectivity index (χ3v) is 5.91. The molecular formula is C24H27N5O3S. The Morgan fingerprint density at radius 3 is 2.30 bits per heavy atom. The number of aryl methyl sites for hydroxylation is 2. The van der Waals surface area contributed by atoms with Crippen molar-refractivity contribution in [2.75, 3.05) is 10.6 Å². The zero-order valence-electron chi connectivity index (χ0n) is 19.2. The normalized spacial score (nSPS) is 11.8. The molecule has 1 heterocycles.